The minimum Gasteiger partial charge on any atom is -0.381 e. The molecule has 4 nitrogen and oxygen atoms in total. The van der Waals surface area contributed by atoms with Crippen LogP contribution >= 0.6 is 0 Å². The van der Waals surface area contributed by atoms with Crippen LogP contribution in [0.2, 0.25) is 0 Å². The SMILES string of the molecule is CN(CC(C)(C)CN)C(=O)CCCOCCc1ccccc1. The lowest BCUT2D eigenvalue weighted by Crippen LogP contribution is -2.39. The van der Waals surface area contributed by atoms with Crippen LogP contribution in [0.25, 0.3) is 0 Å². The number of ether oxygens (including phenoxy) is 1. The van der Waals surface area contributed by atoms with Crippen molar-refractivity contribution in [1.82, 2.24) is 4.90 Å². The van der Waals surface area contributed by atoms with E-state index in [4.69, 9.17) is 10.5 Å². The number of nitrogens with two attached hydrogens (primary N) is 1. The van der Waals surface area contributed by atoms with E-state index in [9.17, 15) is 4.79 Å². The number of carbonyl (C=O) groups is 1. The molecule has 0 aliphatic rings. The lowest BCUT2D eigenvalue weighted by atomic mass is 9.93. The Hall–Kier alpha value is -1.39. The van der Waals surface area contributed by atoms with Gasteiger partial charge in [-0.15, -0.1) is 0 Å². The molecule has 0 aromatic heterocycles. The van der Waals surface area contributed by atoms with Crippen molar-refractivity contribution in [2.24, 2.45) is 11.1 Å². The molecule has 1 aromatic rings. The Morgan fingerprint density at radius 3 is 2.55 bits per heavy atom. The minimum absolute atomic E-state index is 0.0312. The van der Waals surface area contributed by atoms with Gasteiger partial charge in [0.25, 0.3) is 0 Å². The molecular weight excluding hydrogens is 276 g/mol. The average molecular weight is 306 g/mol. The Morgan fingerprint density at radius 2 is 1.91 bits per heavy atom. The van der Waals surface area contributed by atoms with Crippen LogP contribution in [0.15, 0.2) is 30.3 Å². The van der Waals surface area contributed by atoms with Crippen LogP contribution in [-0.4, -0.2) is 44.2 Å². The number of rotatable bonds is 10. The fraction of sp³-hybridized carbons (Fsp3) is 0.611. The van der Waals surface area contributed by atoms with E-state index in [1.165, 1.54) is 5.56 Å². The Bertz CT molecular complexity index is 432. The van der Waals surface area contributed by atoms with Crippen molar-refractivity contribution >= 4 is 5.91 Å². The summed E-state index contributed by atoms with van der Waals surface area (Å²) in [6.07, 6.45) is 2.21. The van der Waals surface area contributed by atoms with Gasteiger partial charge in [0.2, 0.25) is 5.91 Å². The summed E-state index contributed by atoms with van der Waals surface area (Å²) in [5, 5.41) is 0. The zero-order valence-corrected chi connectivity index (χ0v) is 14.2. The third-order valence-corrected chi connectivity index (χ3v) is 3.70. The van der Waals surface area contributed by atoms with Gasteiger partial charge >= 0.3 is 0 Å². The topological polar surface area (TPSA) is 55.6 Å². The molecule has 0 atom stereocenters. The first-order valence-electron chi connectivity index (χ1n) is 8.00. The van der Waals surface area contributed by atoms with Crippen molar-refractivity contribution in [1.29, 1.82) is 0 Å². The van der Waals surface area contributed by atoms with Crippen molar-refractivity contribution in [3.05, 3.63) is 35.9 Å². The molecule has 4 heteroatoms. The van der Waals surface area contributed by atoms with Gasteiger partial charge in [-0.3, -0.25) is 4.79 Å². The highest BCUT2D eigenvalue weighted by Gasteiger charge is 2.20. The number of amides is 1. The average Bonchev–Trinajstić information content (AvgIpc) is 2.51. The Morgan fingerprint density at radius 1 is 1.23 bits per heavy atom. The highest BCUT2D eigenvalue weighted by Crippen LogP contribution is 2.14. The van der Waals surface area contributed by atoms with Crippen molar-refractivity contribution in [3.8, 4) is 0 Å². The summed E-state index contributed by atoms with van der Waals surface area (Å²) < 4.78 is 5.60. The largest absolute Gasteiger partial charge is 0.381 e. The van der Waals surface area contributed by atoms with Gasteiger partial charge in [0.15, 0.2) is 0 Å². The third-order valence-electron chi connectivity index (χ3n) is 3.70. The van der Waals surface area contributed by atoms with Crippen LogP contribution in [0.1, 0.15) is 32.3 Å². The monoisotopic (exact) mass is 306 g/mol. The Labute approximate surface area is 134 Å². The van der Waals surface area contributed by atoms with E-state index in [1.807, 2.05) is 25.2 Å². The zero-order valence-electron chi connectivity index (χ0n) is 14.2. The Balaban J connectivity index is 2.10. The molecule has 0 aliphatic carbocycles. The fourth-order valence-electron chi connectivity index (χ4n) is 2.25. The fourth-order valence-corrected chi connectivity index (χ4v) is 2.25. The van der Waals surface area contributed by atoms with E-state index in [-0.39, 0.29) is 11.3 Å². The van der Waals surface area contributed by atoms with E-state index < -0.39 is 0 Å². The first kappa shape index (κ1) is 18.7. The highest BCUT2D eigenvalue weighted by molar-refractivity contribution is 5.75. The first-order valence-corrected chi connectivity index (χ1v) is 8.00. The lowest BCUT2D eigenvalue weighted by Gasteiger charge is -2.29. The molecule has 0 saturated carbocycles. The van der Waals surface area contributed by atoms with Gasteiger partial charge in [-0.1, -0.05) is 44.2 Å². The van der Waals surface area contributed by atoms with Crippen molar-refractivity contribution in [2.75, 3.05) is 33.4 Å². The van der Waals surface area contributed by atoms with Gasteiger partial charge in [0.1, 0.15) is 0 Å². The molecule has 1 rings (SSSR count). The summed E-state index contributed by atoms with van der Waals surface area (Å²) in [7, 11) is 1.84. The van der Waals surface area contributed by atoms with E-state index in [0.29, 0.717) is 32.7 Å². The maximum Gasteiger partial charge on any atom is 0.222 e. The summed E-state index contributed by atoms with van der Waals surface area (Å²) in [6.45, 7) is 6.75. The van der Waals surface area contributed by atoms with E-state index in [1.54, 1.807) is 4.90 Å². The van der Waals surface area contributed by atoms with Gasteiger partial charge in [-0.25, -0.2) is 0 Å². The molecule has 0 bridgehead atoms. The van der Waals surface area contributed by atoms with Gasteiger partial charge < -0.3 is 15.4 Å². The molecule has 0 aliphatic heterocycles. The molecule has 0 unspecified atom stereocenters. The predicted molar refractivity (Wildman–Crippen MR) is 90.7 cm³/mol. The molecule has 0 saturated heterocycles. The molecule has 124 valence electrons. The number of carbonyl (C=O) groups excluding carboxylic acids is 1. The maximum atomic E-state index is 12.0. The lowest BCUT2D eigenvalue weighted by molar-refractivity contribution is -0.131. The van der Waals surface area contributed by atoms with Crippen LogP contribution in [0.4, 0.5) is 0 Å². The summed E-state index contributed by atoms with van der Waals surface area (Å²) >= 11 is 0. The highest BCUT2D eigenvalue weighted by atomic mass is 16.5. The zero-order chi connectivity index (χ0) is 16.4. The van der Waals surface area contributed by atoms with Crippen molar-refractivity contribution in [3.63, 3.8) is 0 Å². The second-order valence-electron chi connectivity index (χ2n) is 6.57. The molecule has 0 spiro atoms. The van der Waals surface area contributed by atoms with Crippen LogP contribution in [-0.2, 0) is 16.0 Å². The summed E-state index contributed by atoms with van der Waals surface area (Å²) in [5.41, 5.74) is 6.95. The first-order chi connectivity index (χ1) is 10.4. The smallest absolute Gasteiger partial charge is 0.222 e. The number of hydrogen-bond acceptors (Lipinski definition) is 3. The van der Waals surface area contributed by atoms with Crippen LogP contribution in [0.3, 0.4) is 0 Å². The predicted octanol–water partition coefficient (Wildman–Crippen LogP) is 2.47. The molecule has 0 heterocycles. The van der Waals surface area contributed by atoms with Gasteiger partial charge in [0, 0.05) is 26.6 Å². The van der Waals surface area contributed by atoms with E-state index in [0.717, 1.165) is 12.8 Å². The number of nitrogens with zero attached hydrogens (tertiary/aromatic N) is 1. The molecule has 0 fully saturated rings. The summed E-state index contributed by atoms with van der Waals surface area (Å²) in [4.78, 5) is 13.8. The molecule has 22 heavy (non-hydrogen) atoms. The second kappa shape index (κ2) is 9.59. The van der Waals surface area contributed by atoms with Crippen LogP contribution < -0.4 is 5.73 Å². The number of benzene rings is 1. The quantitative estimate of drug-likeness (QED) is 0.676. The molecule has 1 aromatic carbocycles. The normalized spacial score (nSPS) is 11.5. The minimum atomic E-state index is -0.0312. The van der Waals surface area contributed by atoms with Crippen LogP contribution in [0.5, 0.6) is 0 Å². The van der Waals surface area contributed by atoms with Gasteiger partial charge in [-0.05, 0) is 30.4 Å². The van der Waals surface area contributed by atoms with E-state index >= 15 is 0 Å². The molecule has 2 N–H and O–H groups in total. The molecule has 1 amide bonds. The third kappa shape index (κ3) is 7.57. The van der Waals surface area contributed by atoms with Gasteiger partial charge in [-0.2, -0.15) is 0 Å². The summed E-state index contributed by atoms with van der Waals surface area (Å²) in [5.74, 6) is 0.160. The maximum absolute atomic E-state index is 12.0. The Kier molecular flexibility index (Phi) is 8.13. The van der Waals surface area contributed by atoms with Crippen molar-refractivity contribution in [2.45, 2.75) is 33.1 Å². The molecular formula is C18H30N2O2. The summed E-state index contributed by atoms with van der Waals surface area (Å²) in [6, 6.07) is 10.3. The second-order valence-corrected chi connectivity index (χ2v) is 6.57. The van der Waals surface area contributed by atoms with Gasteiger partial charge in [0.05, 0.1) is 6.61 Å². The van der Waals surface area contributed by atoms with E-state index in [2.05, 4.69) is 26.0 Å². The number of hydrogen-bond donors (Lipinski definition) is 1. The van der Waals surface area contributed by atoms with Crippen LogP contribution in [0, 0.1) is 5.41 Å². The molecule has 0 radical (unpaired) electrons. The van der Waals surface area contributed by atoms with Crippen molar-refractivity contribution < 1.29 is 9.53 Å². The standard InChI is InChI=1S/C18H30N2O2/c1-18(2,14-19)15-20(3)17(21)10-7-12-22-13-11-16-8-5-4-6-9-16/h4-6,8-9H,7,10-15,19H2,1-3H3.